The molecule has 0 saturated carbocycles. The van der Waals surface area contributed by atoms with E-state index in [-0.39, 0.29) is 0 Å². The molecule has 1 atom stereocenters. The number of thiophene rings is 1. The molecule has 1 N–H and O–H groups in total. The first-order valence-electron chi connectivity index (χ1n) is 6.68. The third kappa shape index (κ3) is 3.47. The van der Waals surface area contributed by atoms with Crippen molar-refractivity contribution >= 4 is 27.3 Å². The Kier molecular flexibility index (Phi) is 5.20. The molecule has 0 radical (unpaired) electrons. The van der Waals surface area contributed by atoms with Crippen LogP contribution in [0.2, 0.25) is 0 Å². The van der Waals surface area contributed by atoms with Gasteiger partial charge in [0.05, 0.1) is 6.04 Å². The summed E-state index contributed by atoms with van der Waals surface area (Å²) >= 11 is 5.51. The van der Waals surface area contributed by atoms with E-state index in [2.05, 4.69) is 72.3 Å². The van der Waals surface area contributed by atoms with E-state index in [1.54, 1.807) is 0 Å². The van der Waals surface area contributed by atoms with Crippen LogP contribution in [0.3, 0.4) is 0 Å². The van der Waals surface area contributed by atoms with Gasteiger partial charge in [-0.05, 0) is 56.1 Å². The molecule has 0 aliphatic rings. The monoisotopic (exact) mass is 337 g/mol. The lowest BCUT2D eigenvalue weighted by atomic mass is 10.00. The number of nitrogens with one attached hydrogen (secondary N) is 1. The molecule has 1 heterocycles. The summed E-state index contributed by atoms with van der Waals surface area (Å²) in [4.78, 5) is 2.76. The highest BCUT2D eigenvalue weighted by molar-refractivity contribution is 9.10. The molecule has 0 fully saturated rings. The van der Waals surface area contributed by atoms with Gasteiger partial charge in [0.15, 0.2) is 0 Å². The van der Waals surface area contributed by atoms with Crippen LogP contribution < -0.4 is 5.32 Å². The molecule has 19 heavy (non-hydrogen) atoms. The second-order valence-corrected chi connectivity index (χ2v) is 6.96. The molecule has 0 amide bonds. The van der Waals surface area contributed by atoms with Gasteiger partial charge in [-0.3, -0.25) is 0 Å². The van der Waals surface area contributed by atoms with E-state index in [4.69, 9.17) is 0 Å². The minimum Gasteiger partial charge on any atom is -0.306 e. The second-order valence-electron chi connectivity index (χ2n) is 4.79. The summed E-state index contributed by atoms with van der Waals surface area (Å²) in [6.07, 6.45) is 1.15. The van der Waals surface area contributed by atoms with Crippen molar-refractivity contribution in [1.29, 1.82) is 0 Å². The van der Waals surface area contributed by atoms with Crippen molar-refractivity contribution in [3.63, 3.8) is 0 Å². The number of aryl methyl sites for hydroxylation is 1. The Labute approximate surface area is 128 Å². The van der Waals surface area contributed by atoms with Crippen molar-refractivity contribution in [3.05, 3.63) is 55.7 Å². The Balaban J connectivity index is 2.39. The van der Waals surface area contributed by atoms with Gasteiger partial charge in [-0.2, -0.15) is 0 Å². The van der Waals surface area contributed by atoms with E-state index in [0.29, 0.717) is 6.04 Å². The number of hydrogen-bond donors (Lipinski definition) is 1. The molecule has 102 valence electrons. The molecular formula is C16H20BrNS. The average molecular weight is 338 g/mol. The van der Waals surface area contributed by atoms with E-state index in [1.165, 1.54) is 25.4 Å². The minimum absolute atomic E-state index is 0.302. The molecule has 0 aliphatic heterocycles. The Morgan fingerprint density at radius 3 is 2.63 bits per heavy atom. The number of rotatable bonds is 5. The quantitative estimate of drug-likeness (QED) is 0.788. The highest BCUT2D eigenvalue weighted by Gasteiger charge is 2.17. The van der Waals surface area contributed by atoms with Crippen LogP contribution in [-0.2, 0) is 0 Å². The summed E-state index contributed by atoms with van der Waals surface area (Å²) in [6.45, 7) is 7.59. The topological polar surface area (TPSA) is 12.0 Å². The number of halogens is 1. The maximum absolute atomic E-state index is 3.67. The summed E-state index contributed by atoms with van der Waals surface area (Å²) in [6, 6.07) is 11.2. The molecule has 0 saturated heterocycles. The van der Waals surface area contributed by atoms with Crippen molar-refractivity contribution < 1.29 is 0 Å². The third-order valence-electron chi connectivity index (χ3n) is 3.26. The van der Waals surface area contributed by atoms with Crippen LogP contribution >= 0.6 is 27.3 Å². The third-order valence-corrected chi connectivity index (χ3v) is 5.19. The highest BCUT2D eigenvalue weighted by Crippen LogP contribution is 2.32. The first-order chi connectivity index (χ1) is 9.13. The van der Waals surface area contributed by atoms with Gasteiger partial charge in [0, 0.05) is 14.2 Å². The predicted octanol–water partition coefficient (Wildman–Crippen LogP) is 5.22. The van der Waals surface area contributed by atoms with Gasteiger partial charge in [0.25, 0.3) is 0 Å². The molecule has 1 aromatic heterocycles. The van der Waals surface area contributed by atoms with Crippen LogP contribution in [0, 0.1) is 13.8 Å². The number of hydrogen-bond acceptors (Lipinski definition) is 2. The lowest BCUT2D eigenvalue weighted by Gasteiger charge is -2.20. The highest BCUT2D eigenvalue weighted by atomic mass is 79.9. The summed E-state index contributed by atoms with van der Waals surface area (Å²) < 4.78 is 1.18. The molecule has 1 unspecified atom stereocenters. The molecule has 1 nitrogen and oxygen atoms in total. The first-order valence-corrected chi connectivity index (χ1v) is 8.29. The van der Waals surface area contributed by atoms with Gasteiger partial charge in [0.2, 0.25) is 0 Å². The second kappa shape index (κ2) is 6.69. The summed E-state index contributed by atoms with van der Waals surface area (Å²) in [5.41, 5.74) is 2.69. The van der Waals surface area contributed by atoms with E-state index in [1.807, 2.05) is 11.3 Å². The fourth-order valence-corrected chi connectivity index (χ4v) is 3.55. The zero-order valence-corrected chi connectivity index (χ0v) is 14.1. The van der Waals surface area contributed by atoms with Crippen LogP contribution in [0.1, 0.15) is 40.3 Å². The Hall–Kier alpha value is -0.640. The normalized spacial score (nSPS) is 12.6. The van der Waals surface area contributed by atoms with Gasteiger partial charge in [-0.1, -0.05) is 35.0 Å². The van der Waals surface area contributed by atoms with Gasteiger partial charge in [-0.15, -0.1) is 11.3 Å². The molecule has 0 bridgehead atoms. The average Bonchev–Trinajstić information content (AvgIpc) is 2.81. The molecule has 0 aliphatic carbocycles. The fraction of sp³-hybridized carbons (Fsp3) is 0.375. The molecule has 1 aromatic carbocycles. The molecule has 0 spiro atoms. The summed E-state index contributed by atoms with van der Waals surface area (Å²) in [5, 5.41) is 3.67. The van der Waals surface area contributed by atoms with Crippen LogP contribution in [0.4, 0.5) is 0 Å². The maximum atomic E-state index is 3.67. The van der Waals surface area contributed by atoms with Crippen LogP contribution in [0.5, 0.6) is 0 Å². The zero-order chi connectivity index (χ0) is 13.8. The maximum Gasteiger partial charge on any atom is 0.0674 e. The minimum atomic E-state index is 0.302. The fourth-order valence-electron chi connectivity index (χ4n) is 2.20. The van der Waals surface area contributed by atoms with Crippen molar-refractivity contribution in [2.75, 3.05) is 6.54 Å². The van der Waals surface area contributed by atoms with Crippen molar-refractivity contribution in [1.82, 2.24) is 5.32 Å². The van der Waals surface area contributed by atoms with E-state index >= 15 is 0 Å². The Morgan fingerprint density at radius 1 is 1.21 bits per heavy atom. The van der Waals surface area contributed by atoms with Gasteiger partial charge < -0.3 is 5.32 Å². The molecule has 2 aromatic rings. The van der Waals surface area contributed by atoms with E-state index < -0.39 is 0 Å². The van der Waals surface area contributed by atoms with E-state index in [9.17, 15) is 0 Å². The number of benzene rings is 1. The standard InChI is InChI=1S/C16H20BrNS/c1-4-10-18-16(15-9-8-11(2)19-15)13-6-5-7-14(17)12(13)3/h5-9,16,18H,4,10H2,1-3H3. The van der Waals surface area contributed by atoms with Crippen LogP contribution in [0.25, 0.3) is 0 Å². The van der Waals surface area contributed by atoms with Gasteiger partial charge in [0.1, 0.15) is 0 Å². The Morgan fingerprint density at radius 2 is 2.00 bits per heavy atom. The van der Waals surface area contributed by atoms with Crippen LogP contribution in [-0.4, -0.2) is 6.54 Å². The molecule has 2 rings (SSSR count). The van der Waals surface area contributed by atoms with Crippen LogP contribution in [0.15, 0.2) is 34.8 Å². The Bertz CT molecular complexity index is 547. The summed E-state index contributed by atoms with van der Waals surface area (Å²) in [7, 11) is 0. The predicted molar refractivity (Wildman–Crippen MR) is 88.1 cm³/mol. The van der Waals surface area contributed by atoms with Crippen molar-refractivity contribution in [2.45, 2.75) is 33.2 Å². The van der Waals surface area contributed by atoms with Crippen molar-refractivity contribution in [3.8, 4) is 0 Å². The lowest BCUT2D eigenvalue weighted by molar-refractivity contribution is 0.603. The zero-order valence-electron chi connectivity index (χ0n) is 11.7. The first kappa shape index (κ1) is 14.8. The van der Waals surface area contributed by atoms with Crippen molar-refractivity contribution in [2.24, 2.45) is 0 Å². The lowest BCUT2D eigenvalue weighted by Crippen LogP contribution is -2.23. The smallest absolute Gasteiger partial charge is 0.0674 e. The van der Waals surface area contributed by atoms with Gasteiger partial charge in [-0.25, -0.2) is 0 Å². The van der Waals surface area contributed by atoms with E-state index in [0.717, 1.165) is 13.0 Å². The molecule has 3 heteroatoms. The SMILES string of the molecule is CCCNC(c1ccc(C)s1)c1cccc(Br)c1C. The van der Waals surface area contributed by atoms with Gasteiger partial charge >= 0.3 is 0 Å². The molecular weight excluding hydrogens is 318 g/mol. The largest absolute Gasteiger partial charge is 0.306 e. The summed E-state index contributed by atoms with van der Waals surface area (Å²) in [5.74, 6) is 0.